The zero-order valence-corrected chi connectivity index (χ0v) is 14.8. The third-order valence-electron chi connectivity index (χ3n) is 4.36. The SMILES string of the molecule is Cc1ncsc1CC(=O)N1CCN(C/C=C/c2ccccc2)CC1. The first-order valence-electron chi connectivity index (χ1n) is 8.33. The Morgan fingerprint density at radius 3 is 2.62 bits per heavy atom. The third kappa shape index (κ3) is 4.52. The van der Waals surface area contributed by atoms with Crippen molar-refractivity contribution < 1.29 is 4.79 Å². The van der Waals surface area contributed by atoms with E-state index in [0.717, 1.165) is 43.3 Å². The number of hydrogen-bond acceptors (Lipinski definition) is 4. The van der Waals surface area contributed by atoms with Crippen molar-refractivity contribution >= 4 is 23.3 Å². The summed E-state index contributed by atoms with van der Waals surface area (Å²) >= 11 is 1.57. The first kappa shape index (κ1) is 16.9. The van der Waals surface area contributed by atoms with E-state index in [9.17, 15) is 4.79 Å². The van der Waals surface area contributed by atoms with Gasteiger partial charge in [-0.05, 0) is 12.5 Å². The van der Waals surface area contributed by atoms with Gasteiger partial charge in [0.2, 0.25) is 5.91 Å². The average molecular weight is 341 g/mol. The summed E-state index contributed by atoms with van der Waals surface area (Å²) in [7, 11) is 0. The molecular formula is C19H23N3OS. The standard InChI is InChI=1S/C19H23N3OS/c1-16-18(24-15-20-16)14-19(23)22-12-10-21(11-13-22)9-5-8-17-6-3-2-4-7-17/h2-8,15H,9-14H2,1H3/b8-5+. The van der Waals surface area contributed by atoms with E-state index >= 15 is 0 Å². The molecule has 0 atom stereocenters. The van der Waals surface area contributed by atoms with Crippen molar-refractivity contribution in [3.8, 4) is 0 Å². The number of piperazine rings is 1. The van der Waals surface area contributed by atoms with Gasteiger partial charge in [-0.15, -0.1) is 11.3 Å². The Morgan fingerprint density at radius 1 is 1.21 bits per heavy atom. The normalized spacial score (nSPS) is 16.0. The van der Waals surface area contributed by atoms with Crippen molar-refractivity contribution in [2.45, 2.75) is 13.3 Å². The molecule has 0 aliphatic carbocycles. The minimum absolute atomic E-state index is 0.224. The first-order valence-corrected chi connectivity index (χ1v) is 9.21. The second-order valence-electron chi connectivity index (χ2n) is 6.03. The molecule has 24 heavy (non-hydrogen) atoms. The van der Waals surface area contributed by atoms with Gasteiger partial charge in [0.05, 0.1) is 17.6 Å². The maximum atomic E-state index is 12.4. The third-order valence-corrected chi connectivity index (χ3v) is 5.29. The molecule has 2 heterocycles. The molecule has 4 nitrogen and oxygen atoms in total. The lowest BCUT2D eigenvalue weighted by Gasteiger charge is -2.34. The number of hydrogen-bond donors (Lipinski definition) is 0. The number of nitrogens with zero attached hydrogens (tertiary/aromatic N) is 3. The summed E-state index contributed by atoms with van der Waals surface area (Å²) < 4.78 is 0. The molecule has 0 spiro atoms. The number of rotatable bonds is 5. The van der Waals surface area contributed by atoms with Crippen LogP contribution in [0, 0.1) is 6.92 Å². The molecule has 126 valence electrons. The van der Waals surface area contributed by atoms with E-state index in [0.29, 0.717) is 6.42 Å². The molecule has 0 N–H and O–H groups in total. The van der Waals surface area contributed by atoms with Crippen molar-refractivity contribution in [3.05, 3.63) is 58.1 Å². The number of aryl methyl sites for hydroxylation is 1. The van der Waals surface area contributed by atoms with Crippen molar-refractivity contribution in [2.75, 3.05) is 32.7 Å². The summed E-state index contributed by atoms with van der Waals surface area (Å²) in [4.78, 5) is 22.1. The molecule has 5 heteroatoms. The molecule has 1 aliphatic heterocycles. The highest BCUT2D eigenvalue weighted by molar-refractivity contribution is 7.09. The van der Waals surface area contributed by atoms with Crippen LogP contribution in [0.5, 0.6) is 0 Å². The predicted molar refractivity (Wildman–Crippen MR) is 99.1 cm³/mol. The second-order valence-corrected chi connectivity index (χ2v) is 6.97. The van der Waals surface area contributed by atoms with Crippen LogP contribution in [-0.4, -0.2) is 53.4 Å². The van der Waals surface area contributed by atoms with Gasteiger partial charge in [-0.3, -0.25) is 9.69 Å². The minimum atomic E-state index is 0.224. The number of carbonyl (C=O) groups excluding carboxylic acids is 1. The molecule has 0 saturated carbocycles. The largest absolute Gasteiger partial charge is 0.340 e. The number of carbonyl (C=O) groups is 1. The van der Waals surface area contributed by atoms with Crippen molar-refractivity contribution in [1.29, 1.82) is 0 Å². The Bertz CT molecular complexity index is 688. The summed E-state index contributed by atoms with van der Waals surface area (Å²) in [5, 5.41) is 0. The summed E-state index contributed by atoms with van der Waals surface area (Å²) in [6.07, 6.45) is 4.85. The molecule has 0 unspecified atom stereocenters. The molecule has 1 aromatic carbocycles. The van der Waals surface area contributed by atoms with E-state index < -0.39 is 0 Å². The first-order chi connectivity index (χ1) is 11.7. The van der Waals surface area contributed by atoms with Crippen molar-refractivity contribution in [1.82, 2.24) is 14.8 Å². The number of benzene rings is 1. The van der Waals surface area contributed by atoms with Gasteiger partial charge in [0, 0.05) is 37.6 Å². The predicted octanol–water partition coefficient (Wildman–Crippen LogP) is 2.85. The van der Waals surface area contributed by atoms with Gasteiger partial charge in [-0.2, -0.15) is 0 Å². The Kier molecular flexibility index (Phi) is 5.77. The lowest BCUT2D eigenvalue weighted by Crippen LogP contribution is -2.49. The van der Waals surface area contributed by atoms with E-state index in [2.05, 4.69) is 46.3 Å². The molecule has 1 aliphatic rings. The van der Waals surface area contributed by atoms with Crippen LogP contribution in [0.4, 0.5) is 0 Å². The monoisotopic (exact) mass is 341 g/mol. The van der Waals surface area contributed by atoms with E-state index in [1.54, 1.807) is 11.3 Å². The van der Waals surface area contributed by atoms with Gasteiger partial charge in [-0.25, -0.2) is 4.98 Å². The molecule has 3 rings (SSSR count). The highest BCUT2D eigenvalue weighted by atomic mass is 32.1. The van der Waals surface area contributed by atoms with Gasteiger partial charge < -0.3 is 4.90 Å². The van der Waals surface area contributed by atoms with Crippen LogP contribution in [0.3, 0.4) is 0 Å². The maximum Gasteiger partial charge on any atom is 0.227 e. The van der Waals surface area contributed by atoms with Gasteiger partial charge in [0.1, 0.15) is 0 Å². The zero-order chi connectivity index (χ0) is 16.8. The van der Waals surface area contributed by atoms with E-state index in [-0.39, 0.29) is 5.91 Å². The molecule has 2 aromatic rings. The fourth-order valence-electron chi connectivity index (χ4n) is 2.83. The Balaban J connectivity index is 1.43. The highest BCUT2D eigenvalue weighted by Crippen LogP contribution is 2.15. The average Bonchev–Trinajstić information content (AvgIpc) is 3.01. The zero-order valence-electron chi connectivity index (χ0n) is 14.0. The number of aromatic nitrogens is 1. The van der Waals surface area contributed by atoms with Crippen LogP contribution >= 0.6 is 11.3 Å². The van der Waals surface area contributed by atoms with Crippen LogP contribution < -0.4 is 0 Å². The topological polar surface area (TPSA) is 36.4 Å². The van der Waals surface area contributed by atoms with Crippen molar-refractivity contribution in [3.63, 3.8) is 0 Å². The molecule has 1 fully saturated rings. The van der Waals surface area contributed by atoms with E-state index in [4.69, 9.17) is 0 Å². The molecule has 0 bridgehead atoms. The lowest BCUT2D eigenvalue weighted by molar-refractivity contribution is -0.132. The Hall–Kier alpha value is -1.98. The van der Waals surface area contributed by atoms with Crippen LogP contribution in [0.2, 0.25) is 0 Å². The summed E-state index contributed by atoms with van der Waals surface area (Å²) in [6.45, 7) is 6.41. The smallest absolute Gasteiger partial charge is 0.227 e. The number of amides is 1. The summed E-state index contributed by atoms with van der Waals surface area (Å²) in [5.74, 6) is 0.224. The van der Waals surface area contributed by atoms with Crippen LogP contribution in [0.1, 0.15) is 16.1 Å². The minimum Gasteiger partial charge on any atom is -0.340 e. The van der Waals surface area contributed by atoms with Crippen LogP contribution in [0.15, 0.2) is 41.9 Å². The number of thiazole rings is 1. The van der Waals surface area contributed by atoms with E-state index in [1.165, 1.54) is 5.56 Å². The van der Waals surface area contributed by atoms with Gasteiger partial charge >= 0.3 is 0 Å². The van der Waals surface area contributed by atoms with Crippen LogP contribution in [0.25, 0.3) is 6.08 Å². The quantitative estimate of drug-likeness (QED) is 0.839. The van der Waals surface area contributed by atoms with E-state index in [1.807, 2.05) is 23.4 Å². The summed E-state index contributed by atoms with van der Waals surface area (Å²) in [6, 6.07) is 10.3. The fraction of sp³-hybridized carbons (Fsp3) is 0.368. The molecular weight excluding hydrogens is 318 g/mol. The van der Waals surface area contributed by atoms with Gasteiger partial charge in [0.15, 0.2) is 0 Å². The summed E-state index contributed by atoms with van der Waals surface area (Å²) in [5.41, 5.74) is 4.03. The molecule has 0 radical (unpaired) electrons. The second kappa shape index (κ2) is 8.22. The maximum absolute atomic E-state index is 12.4. The molecule has 1 aromatic heterocycles. The Labute approximate surface area is 147 Å². The molecule has 1 saturated heterocycles. The van der Waals surface area contributed by atoms with Crippen molar-refractivity contribution in [2.24, 2.45) is 0 Å². The highest BCUT2D eigenvalue weighted by Gasteiger charge is 2.21. The van der Waals surface area contributed by atoms with Gasteiger partial charge in [-0.1, -0.05) is 42.5 Å². The van der Waals surface area contributed by atoms with Crippen LogP contribution in [-0.2, 0) is 11.2 Å². The van der Waals surface area contributed by atoms with Gasteiger partial charge in [0.25, 0.3) is 0 Å². The Morgan fingerprint density at radius 2 is 1.96 bits per heavy atom. The lowest BCUT2D eigenvalue weighted by atomic mass is 10.2. The molecule has 1 amide bonds. The fourth-order valence-corrected chi connectivity index (χ4v) is 3.60.